The molecule has 0 bridgehead atoms. The maximum atomic E-state index is 12.7. The number of halogens is 1. The maximum absolute atomic E-state index is 12.7. The lowest BCUT2D eigenvalue weighted by Crippen LogP contribution is -2.21. The third-order valence-corrected chi connectivity index (χ3v) is 6.80. The van der Waals surface area contributed by atoms with E-state index in [9.17, 15) is 4.79 Å². The first-order valence-corrected chi connectivity index (χ1v) is 13.4. The van der Waals surface area contributed by atoms with E-state index in [0.717, 1.165) is 22.6 Å². The van der Waals surface area contributed by atoms with Crippen LogP contribution in [0.3, 0.4) is 0 Å². The largest absolute Gasteiger partial charge is 0.494 e. The van der Waals surface area contributed by atoms with Crippen LogP contribution in [0.2, 0.25) is 5.02 Å². The van der Waals surface area contributed by atoms with Crippen LogP contribution in [0.1, 0.15) is 19.4 Å². The summed E-state index contributed by atoms with van der Waals surface area (Å²) in [6, 6.07) is 20.4. The summed E-state index contributed by atoms with van der Waals surface area (Å²) in [7, 11) is 3.14. The fourth-order valence-corrected chi connectivity index (χ4v) is 4.54. The third kappa shape index (κ3) is 6.90. The molecule has 1 amide bonds. The van der Waals surface area contributed by atoms with Gasteiger partial charge in [0.05, 0.1) is 32.3 Å². The molecule has 0 unspecified atom stereocenters. The lowest BCUT2D eigenvalue weighted by molar-refractivity contribution is -0.118. The molecule has 0 atom stereocenters. The molecule has 0 radical (unpaired) electrons. The van der Waals surface area contributed by atoms with Gasteiger partial charge in [-0.1, -0.05) is 23.4 Å². The van der Waals surface area contributed by atoms with Crippen LogP contribution in [-0.2, 0) is 4.79 Å². The summed E-state index contributed by atoms with van der Waals surface area (Å²) in [6.45, 7) is 4.31. The van der Waals surface area contributed by atoms with Crippen LogP contribution in [0, 0.1) is 0 Å². The molecule has 202 valence electrons. The molecule has 1 heterocycles. The summed E-state index contributed by atoms with van der Waals surface area (Å²) < 4.78 is 18.1. The van der Waals surface area contributed by atoms with Crippen molar-refractivity contribution in [3.63, 3.8) is 0 Å². The predicted molar refractivity (Wildman–Crippen MR) is 154 cm³/mol. The molecule has 4 rings (SSSR count). The minimum Gasteiger partial charge on any atom is -0.494 e. The minimum absolute atomic E-state index is 0.0818. The van der Waals surface area contributed by atoms with Crippen molar-refractivity contribution in [3.8, 4) is 34.3 Å². The van der Waals surface area contributed by atoms with Crippen molar-refractivity contribution in [1.29, 1.82) is 0 Å². The summed E-state index contributed by atoms with van der Waals surface area (Å²) in [6.07, 6.45) is 0. The van der Waals surface area contributed by atoms with Gasteiger partial charge in [-0.3, -0.25) is 9.36 Å². The van der Waals surface area contributed by atoms with Gasteiger partial charge in [-0.2, -0.15) is 5.10 Å². The van der Waals surface area contributed by atoms with Gasteiger partial charge in [0.1, 0.15) is 5.75 Å². The number of aromatic nitrogens is 3. The van der Waals surface area contributed by atoms with E-state index < -0.39 is 0 Å². The number of ether oxygens (including phenoxy) is 3. The second-order valence-corrected chi connectivity index (χ2v) is 9.54. The van der Waals surface area contributed by atoms with Crippen LogP contribution in [-0.4, -0.2) is 53.0 Å². The van der Waals surface area contributed by atoms with Gasteiger partial charge in [0.25, 0.3) is 5.91 Å². The van der Waals surface area contributed by atoms with E-state index in [0.29, 0.717) is 39.8 Å². The zero-order valence-corrected chi connectivity index (χ0v) is 23.5. The average molecular weight is 566 g/mol. The Morgan fingerprint density at radius 3 is 2.38 bits per heavy atom. The smallest absolute Gasteiger partial charge is 0.250 e. The van der Waals surface area contributed by atoms with Gasteiger partial charge in [0, 0.05) is 21.8 Å². The monoisotopic (exact) mass is 565 g/mol. The number of thioether (sulfide) groups is 1. The summed E-state index contributed by atoms with van der Waals surface area (Å²) in [5.41, 5.74) is 5.70. The molecule has 0 fully saturated rings. The highest BCUT2D eigenvalue weighted by Gasteiger charge is 2.18. The number of carbonyl (C=O) groups is 1. The molecule has 0 aliphatic rings. The molecule has 11 heteroatoms. The summed E-state index contributed by atoms with van der Waals surface area (Å²) in [4.78, 5) is 12.7. The van der Waals surface area contributed by atoms with Gasteiger partial charge in [0.2, 0.25) is 0 Å². The summed E-state index contributed by atoms with van der Waals surface area (Å²) in [5, 5.41) is 14.2. The van der Waals surface area contributed by atoms with Crippen LogP contribution in [0.5, 0.6) is 17.2 Å². The number of hydrogen-bond donors (Lipinski definition) is 1. The number of nitrogens with zero attached hydrogens (tertiary/aromatic N) is 4. The number of amides is 1. The highest BCUT2D eigenvalue weighted by molar-refractivity contribution is 7.99. The first-order valence-electron chi connectivity index (χ1n) is 12.1. The summed E-state index contributed by atoms with van der Waals surface area (Å²) >= 11 is 7.34. The van der Waals surface area contributed by atoms with Crippen LogP contribution in [0.15, 0.2) is 77.0 Å². The molecule has 9 nitrogen and oxygen atoms in total. The molecule has 0 saturated heterocycles. The molecule has 39 heavy (non-hydrogen) atoms. The van der Waals surface area contributed by atoms with Gasteiger partial charge in [-0.25, -0.2) is 5.43 Å². The van der Waals surface area contributed by atoms with Crippen molar-refractivity contribution in [1.82, 2.24) is 20.2 Å². The molecule has 4 aromatic rings. The van der Waals surface area contributed by atoms with E-state index in [-0.39, 0.29) is 11.7 Å². The highest BCUT2D eigenvalue weighted by atomic mass is 35.5. The van der Waals surface area contributed by atoms with Crippen LogP contribution in [0.4, 0.5) is 0 Å². The van der Waals surface area contributed by atoms with E-state index in [1.54, 1.807) is 45.4 Å². The first-order chi connectivity index (χ1) is 18.9. The van der Waals surface area contributed by atoms with Crippen LogP contribution >= 0.6 is 23.4 Å². The molecule has 0 aliphatic carbocycles. The molecule has 0 aliphatic heterocycles. The Bertz CT molecular complexity index is 1460. The topological polar surface area (TPSA) is 99.9 Å². The lowest BCUT2D eigenvalue weighted by Gasteiger charge is -2.11. The van der Waals surface area contributed by atoms with E-state index in [1.807, 2.05) is 54.0 Å². The molecule has 1 N–H and O–H groups in total. The van der Waals surface area contributed by atoms with Gasteiger partial charge >= 0.3 is 0 Å². The standard InChI is InChI=1S/C28H28ClN5O4S/c1-5-38-23-13-11-22(12-14-23)34-27(19-6-9-21(29)10-7-19)32-33-28(34)39-17-26(35)31-30-18(2)20-8-15-24(36-3)25(16-20)37-4/h6-16H,5,17H2,1-4H3,(H,31,35)/b30-18-. The molecule has 0 spiro atoms. The predicted octanol–water partition coefficient (Wildman–Crippen LogP) is 5.64. The number of rotatable bonds is 11. The Hall–Kier alpha value is -4.02. The van der Waals surface area contributed by atoms with Gasteiger partial charge in [-0.05, 0) is 80.6 Å². The quantitative estimate of drug-likeness (QED) is 0.143. The fraction of sp³-hybridized carbons (Fsp3) is 0.214. The van der Waals surface area contributed by atoms with Crippen LogP contribution < -0.4 is 19.6 Å². The first kappa shape index (κ1) is 28.0. The maximum Gasteiger partial charge on any atom is 0.250 e. The zero-order chi connectivity index (χ0) is 27.8. The average Bonchev–Trinajstić information content (AvgIpc) is 3.39. The molecule has 0 saturated carbocycles. The fourth-order valence-electron chi connectivity index (χ4n) is 3.67. The van der Waals surface area contributed by atoms with Crippen molar-refractivity contribution < 1.29 is 19.0 Å². The van der Waals surface area contributed by atoms with Gasteiger partial charge in [-0.15, -0.1) is 10.2 Å². The van der Waals surface area contributed by atoms with E-state index >= 15 is 0 Å². The number of hydrogen-bond acceptors (Lipinski definition) is 8. The van der Waals surface area contributed by atoms with Crippen molar-refractivity contribution in [3.05, 3.63) is 77.3 Å². The number of methoxy groups -OCH3 is 2. The van der Waals surface area contributed by atoms with Gasteiger partial charge in [0.15, 0.2) is 22.5 Å². The Labute approximate surface area is 236 Å². The van der Waals surface area contributed by atoms with Crippen molar-refractivity contribution in [2.45, 2.75) is 19.0 Å². The minimum atomic E-state index is -0.283. The Balaban J connectivity index is 1.52. The number of benzene rings is 3. The Kier molecular flexibility index (Phi) is 9.45. The number of hydrazone groups is 1. The SMILES string of the molecule is CCOc1ccc(-n2c(SCC(=O)N/N=C(/C)c3ccc(OC)c(OC)c3)nnc2-c2ccc(Cl)cc2)cc1. The van der Waals surface area contributed by atoms with E-state index in [4.69, 9.17) is 25.8 Å². The Morgan fingerprint density at radius 2 is 1.72 bits per heavy atom. The van der Waals surface area contributed by atoms with Crippen molar-refractivity contribution in [2.24, 2.45) is 5.10 Å². The molecule has 1 aromatic heterocycles. The molecule has 3 aromatic carbocycles. The van der Waals surface area contributed by atoms with E-state index in [1.165, 1.54) is 11.8 Å². The second kappa shape index (κ2) is 13.2. The number of carbonyl (C=O) groups excluding carboxylic acids is 1. The van der Waals surface area contributed by atoms with Crippen LogP contribution in [0.25, 0.3) is 17.1 Å². The van der Waals surface area contributed by atoms with Crippen molar-refractivity contribution in [2.75, 3.05) is 26.6 Å². The number of nitrogens with one attached hydrogen (secondary N) is 1. The third-order valence-electron chi connectivity index (χ3n) is 5.62. The van der Waals surface area contributed by atoms with Crippen molar-refractivity contribution >= 4 is 35.0 Å². The Morgan fingerprint density at radius 1 is 1.00 bits per heavy atom. The molecular formula is C28H28ClN5O4S. The lowest BCUT2D eigenvalue weighted by atomic mass is 10.1. The highest BCUT2D eigenvalue weighted by Crippen LogP contribution is 2.30. The normalized spacial score (nSPS) is 11.3. The summed E-state index contributed by atoms with van der Waals surface area (Å²) in [5.74, 6) is 2.38. The second-order valence-electron chi connectivity index (χ2n) is 8.17. The van der Waals surface area contributed by atoms with E-state index in [2.05, 4.69) is 20.7 Å². The molecular weight excluding hydrogens is 538 g/mol. The zero-order valence-electron chi connectivity index (χ0n) is 22.0. The van der Waals surface area contributed by atoms with Gasteiger partial charge < -0.3 is 14.2 Å².